The molecule has 0 aliphatic heterocycles. The molecular weight excluding hydrogens is 596 g/mol. The van der Waals surface area contributed by atoms with Crippen LogP contribution >= 0.6 is 11.3 Å². The summed E-state index contributed by atoms with van der Waals surface area (Å²) in [5, 5.41) is 4.01. The molecule has 2 heterocycles. The quantitative estimate of drug-likeness (QED) is 0.183. The number of rotatable bonds is 8. The molecule has 0 spiro atoms. The van der Waals surface area contributed by atoms with Gasteiger partial charge in [-0.1, -0.05) is 61.7 Å². The topological polar surface area (TPSA) is 96.9 Å². The number of halogens is 3. The summed E-state index contributed by atoms with van der Waals surface area (Å²) in [6.07, 6.45) is 7.18. The average molecular weight is 622 g/mol. The smallest absolute Gasteiger partial charge is 0.267 e. The Morgan fingerprint density at radius 3 is 2.28 bits per heavy atom. The molecule has 220 valence electrons. The van der Waals surface area contributed by atoms with Crippen LogP contribution in [0, 0.1) is 17.5 Å². The minimum atomic E-state index is -4.80. The van der Waals surface area contributed by atoms with Crippen LogP contribution in [0.5, 0.6) is 0 Å². The van der Waals surface area contributed by atoms with Gasteiger partial charge in [0, 0.05) is 23.4 Å². The fourth-order valence-corrected chi connectivity index (χ4v) is 7.35. The second-order valence-corrected chi connectivity index (χ2v) is 12.7. The summed E-state index contributed by atoms with van der Waals surface area (Å²) in [6, 6.07) is 18.1. The highest BCUT2D eigenvalue weighted by Gasteiger charge is 2.27. The van der Waals surface area contributed by atoms with Crippen LogP contribution in [0.4, 0.5) is 24.8 Å². The van der Waals surface area contributed by atoms with Crippen LogP contribution in [0.25, 0.3) is 32.4 Å². The van der Waals surface area contributed by atoms with Crippen LogP contribution in [0.1, 0.15) is 32.1 Å². The molecular formula is C31H26F3N5O2S2. The summed E-state index contributed by atoms with van der Waals surface area (Å²) in [5.74, 6) is -3.08. The van der Waals surface area contributed by atoms with E-state index in [0.29, 0.717) is 21.5 Å². The predicted octanol–water partition coefficient (Wildman–Crippen LogP) is 7.90. The van der Waals surface area contributed by atoms with E-state index in [1.165, 1.54) is 36.0 Å². The third kappa shape index (κ3) is 6.11. The predicted molar refractivity (Wildman–Crippen MR) is 162 cm³/mol. The van der Waals surface area contributed by atoms with Crippen molar-refractivity contribution in [3.8, 4) is 32.4 Å². The van der Waals surface area contributed by atoms with Gasteiger partial charge in [0.2, 0.25) is 5.95 Å². The monoisotopic (exact) mass is 621 g/mol. The van der Waals surface area contributed by atoms with Gasteiger partial charge in [-0.05, 0) is 43.2 Å². The van der Waals surface area contributed by atoms with Crippen molar-refractivity contribution in [1.82, 2.24) is 15.0 Å². The fourth-order valence-electron chi connectivity index (χ4n) is 5.09. The molecule has 1 aliphatic rings. The fraction of sp³-hybridized carbons (Fsp3) is 0.194. The molecule has 0 amide bonds. The molecule has 3 aromatic carbocycles. The maximum absolute atomic E-state index is 16.1. The van der Waals surface area contributed by atoms with E-state index in [2.05, 4.69) is 10.3 Å². The van der Waals surface area contributed by atoms with E-state index in [0.717, 1.165) is 49.4 Å². The van der Waals surface area contributed by atoms with Gasteiger partial charge >= 0.3 is 0 Å². The first-order chi connectivity index (χ1) is 20.8. The number of nitrogens with zero attached hydrogens (tertiary/aromatic N) is 3. The van der Waals surface area contributed by atoms with Gasteiger partial charge in [-0.2, -0.15) is 0 Å². The molecule has 0 bridgehead atoms. The van der Waals surface area contributed by atoms with E-state index in [4.69, 9.17) is 9.97 Å². The molecule has 0 atom stereocenters. The largest absolute Gasteiger partial charge is 0.351 e. The van der Waals surface area contributed by atoms with Crippen LogP contribution in [-0.2, 0) is 10.0 Å². The summed E-state index contributed by atoms with van der Waals surface area (Å²) in [7, 11) is -4.80. The molecule has 6 rings (SSSR count). The van der Waals surface area contributed by atoms with E-state index < -0.39 is 38.1 Å². The van der Waals surface area contributed by atoms with E-state index in [1.54, 1.807) is 12.3 Å². The average Bonchev–Trinajstić information content (AvgIpc) is 3.44. The molecule has 1 fully saturated rings. The van der Waals surface area contributed by atoms with Crippen LogP contribution in [0.2, 0.25) is 0 Å². The van der Waals surface area contributed by atoms with E-state index in [-0.39, 0.29) is 17.3 Å². The zero-order valence-corrected chi connectivity index (χ0v) is 24.4. The zero-order valence-electron chi connectivity index (χ0n) is 22.7. The summed E-state index contributed by atoms with van der Waals surface area (Å²) >= 11 is 1.31. The highest BCUT2D eigenvalue weighted by atomic mass is 32.2. The lowest BCUT2D eigenvalue weighted by atomic mass is 9.96. The third-order valence-electron chi connectivity index (χ3n) is 7.16. The van der Waals surface area contributed by atoms with Gasteiger partial charge in [-0.25, -0.2) is 36.5 Å². The molecule has 2 aromatic heterocycles. The molecule has 0 unspecified atom stereocenters. The Hall–Kier alpha value is -4.29. The second kappa shape index (κ2) is 12.1. The molecule has 0 radical (unpaired) electrons. The molecule has 0 saturated heterocycles. The molecule has 1 saturated carbocycles. The first-order valence-electron chi connectivity index (χ1n) is 13.7. The first kappa shape index (κ1) is 28.8. The van der Waals surface area contributed by atoms with E-state index >= 15 is 4.39 Å². The van der Waals surface area contributed by atoms with Crippen LogP contribution < -0.4 is 10.0 Å². The lowest BCUT2D eigenvalue weighted by molar-refractivity contribution is 0.461. The van der Waals surface area contributed by atoms with Gasteiger partial charge < -0.3 is 5.32 Å². The molecule has 2 N–H and O–H groups in total. The van der Waals surface area contributed by atoms with Crippen molar-refractivity contribution in [3.05, 3.63) is 96.4 Å². The van der Waals surface area contributed by atoms with Crippen molar-refractivity contribution in [2.24, 2.45) is 0 Å². The second-order valence-electron chi connectivity index (χ2n) is 10.1. The number of aromatic nitrogens is 3. The standard InChI is InChI=1S/C31H26F3N5O2S2/c32-22-14-8-15-23(33)29(22)43(40,41)39-24-16-7-13-21(26(24)34)27-28(42-30(38-27)19-9-3-1-4-10-19)25-17-18-35-31(37-25)36-20-11-5-2-6-12-20/h1,3-4,7-10,13-18,20,39H,2,5-6,11-12H2,(H,35,36,37). The van der Waals surface area contributed by atoms with Gasteiger partial charge in [0.15, 0.2) is 10.7 Å². The first-order valence-corrected chi connectivity index (χ1v) is 16.0. The van der Waals surface area contributed by atoms with Gasteiger partial charge in [0.1, 0.15) is 16.6 Å². The SMILES string of the molecule is O=S(=O)(Nc1cccc(-c2nc(-c3ccccc3)sc2-c2ccnc(NC3CCCCC3)n2)c1F)c1c(F)cccc1F. The normalized spacial score (nSPS) is 14.0. The number of sulfonamides is 1. The number of hydrogen-bond acceptors (Lipinski definition) is 7. The third-order valence-corrected chi connectivity index (χ3v) is 9.70. The van der Waals surface area contributed by atoms with Crippen molar-refractivity contribution >= 4 is 33.0 Å². The van der Waals surface area contributed by atoms with Gasteiger partial charge in [-0.3, -0.25) is 4.72 Å². The van der Waals surface area contributed by atoms with E-state index in [1.807, 2.05) is 35.1 Å². The number of nitrogens with one attached hydrogen (secondary N) is 2. The number of anilines is 2. The molecule has 7 nitrogen and oxygen atoms in total. The van der Waals surface area contributed by atoms with Crippen molar-refractivity contribution in [2.45, 2.75) is 43.0 Å². The minimum Gasteiger partial charge on any atom is -0.351 e. The maximum atomic E-state index is 16.1. The van der Waals surface area contributed by atoms with Gasteiger partial charge in [0.25, 0.3) is 10.0 Å². The van der Waals surface area contributed by atoms with Gasteiger partial charge in [-0.15, -0.1) is 11.3 Å². The summed E-state index contributed by atoms with van der Waals surface area (Å²) in [5.41, 5.74) is 1.07. The summed E-state index contributed by atoms with van der Waals surface area (Å²) in [4.78, 5) is 13.2. The Balaban J connectivity index is 1.42. The van der Waals surface area contributed by atoms with Crippen molar-refractivity contribution in [2.75, 3.05) is 10.0 Å². The molecule has 12 heteroatoms. The molecule has 5 aromatic rings. The number of benzene rings is 3. The Kier molecular flexibility index (Phi) is 8.13. The summed E-state index contributed by atoms with van der Waals surface area (Å²) in [6.45, 7) is 0. The van der Waals surface area contributed by atoms with Crippen molar-refractivity contribution in [1.29, 1.82) is 0 Å². The van der Waals surface area contributed by atoms with Crippen LogP contribution in [-0.4, -0.2) is 29.4 Å². The number of hydrogen-bond donors (Lipinski definition) is 2. The lowest BCUT2D eigenvalue weighted by Gasteiger charge is -2.22. The van der Waals surface area contributed by atoms with Gasteiger partial charge in [0.05, 0.1) is 22.0 Å². The maximum Gasteiger partial charge on any atom is 0.267 e. The Morgan fingerprint density at radius 1 is 0.814 bits per heavy atom. The highest BCUT2D eigenvalue weighted by Crippen LogP contribution is 2.42. The highest BCUT2D eigenvalue weighted by molar-refractivity contribution is 7.92. The van der Waals surface area contributed by atoms with Crippen LogP contribution in [0.15, 0.2) is 83.9 Å². The van der Waals surface area contributed by atoms with Crippen LogP contribution in [0.3, 0.4) is 0 Å². The number of thiazole rings is 1. The molecule has 43 heavy (non-hydrogen) atoms. The Morgan fingerprint density at radius 2 is 1.53 bits per heavy atom. The minimum absolute atomic E-state index is 0.0111. The Bertz CT molecular complexity index is 1860. The Labute approximate surface area is 251 Å². The summed E-state index contributed by atoms with van der Waals surface area (Å²) < 4.78 is 72.6. The van der Waals surface area contributed by atoms with E-state index in [9.17, 15) is 17.2 Å². The lowest BCUT2D eigenvalue weighted by Crippen LogP contribution is -2.23. The zero-order chi connectivity index (χ0) is 30.0. The molecule has 1 aliphatic carbocycles. The van der Waals surface area contributed by atoms with Crippen molar-refractivity contribution < 1.29 is 21.6 Å². The van der Waals surface area contributed by atoms with Crippen molar-refractivity contribution in [3.63, 3.8) is 0 Å².